The smallest absolute Gasteiger partial charge is 0.227 e. The van der Waals surface area contributed by atoms with Crippen LogP contribution in [0, 0.1) is 6.92 Å². The summed E-state index contributed by atoms with van der Waals surface area (Å²) < 4.78 is 10.3. The maximum absolute atomic E-state index is 12.0. The third-order valence-corrected chi connectivity index (χ3v) is 3.81. The molecular formula is C19H19N3O4. The lowest BCUT2D eigenvalue weighted by Crippen LogP contribution is -2.12. The Kier molecular flexibility index (Phi) is 5.17. The maximum Gasteiger partial charge on any atom is 0.227 e. The van der Waals surface area contributed by atoms with E-state index in [0.29, 0.717) is 23.8 Å². The van der Waals surface area contributed by atoms with Crippen LogP contribution in [0.3, 0.4) is 0 Å². The number of hydrogen-bond donors (Lipinski definition) is 2. The summed E-state index contributed by atoms with van der Waals surface area (Å²) in [6.45, 7) is 1.86. The number of aromatic hydroxyl groups is 1. The van der Waals surface area contributed by atoms with E-state index < -0.39 is 0 Å². The van der Waals surface area contributed by atoms with Crippen molar-refractivity contribution in [3.8, 4) is 22.9 Å². The van der Waals surface area contributed by atoms with E-state index >= 15 is 0 Å². The van der Waals surface area contributed by atoms with Crippen molar-refractivity contribution in [3.63, 3.8) is 0 Å². The van der Waals surface area contributed by atoms with Gasteiger partial charge in [-0.05, 0) is 48.9 Å². The maximum atomic E-state index is 12.0. The number of aromatic nitrogens is 2. The van der Waals surface area contributed by atoms with E-state index in [-0.39, 0.29) is 18.1 Å². The molecule has 2 N–H and O–H groups in total. The standard InChI is InChI=1S/C19H19N3O4/c1-12-3-8-15(16(23)11-12)20-17(24)9-10-18-21-19(22-26-18)13-4-6-14(25-2)7-5-13/h3-8,11,23H,9-10H2,1-2H3,(H,20,24). The summed E-state index contributed by atoms with van der Waals surface area (Å²) in [6.07, 6.45) is 0.471. The summed E-state index contributed by atoms with van der Waals surface area (Å²) in [5.74, 6) is 1.37. The topological polar surface area (TPSA) is 97.5 Å². The molecule has 1 heterocycles. The summed E-state index contributed by atoms with van der Waals surface area (Å²) in [5, 5.41) is 16.4. The molecule has 0 aliphatic carbocycles. The number of nitrogens with one attached hydrogen (secondary N) is 1. The van der Waals surface area contributed by atoms with Crippen molar-refractivity contribution >= 4 is 11.6 Å². The predicted molar refractivity (Wildman–Crippen MR) is 96.1 cm³/mol. The fraction of sp³-hybridized carbons (Fsp3) is 0.211. The minimum absolute atomic E-state index is 0.0398. The molecule has 134 valence electrons. The third-order valence-electron chi connectivity index (χ3n) is 3.81. The zero-order valence-corrected chi connectivity index (χ0v) is 14.5. The lowest BCUT2D eigenvalue weighted by molar-refractivity contribution is -0.116. The number of rotatable bonds is 6. The average Bonchev–Trinajstić information content (AvgIpc) is 3.11. The van der Waals surface area contributed by atoms with Crippen LogP contribution in [0.4, 0.5) is 5.69 Å². The Morgan fingerprint density at radius 1 is 1.23 bits per heavy atom. The third kappa shape index (κ3) is 4.18. The Hall–Kier alpha value is -3.35. The van der Waals surface area contributed by atoms with E-state index in [4.69, 9.17) is 9.26 Å². The van der Waals surface area contributed by atoms with Gasteiger partial charge in [-0.25, -0.2) is 0 Å². The predicted octanol–water partition coefficient (Wildman–Crippen LogP) is 3.33. The van der Waals surface area contributed by atoms with Crippen LogP contribution in [-0.4, -0.2) is 28.3 Å². The number of nitrogens with zero attached hydrogens (tertiary/aromatic N) is 2. The first kappa shape index (κ1) is 17.5. The van der Waals surface area contributed by atoms with Gasteiger partial charge in [0.1, 0.15) is 11.5 Å². The number of anilines is 1. The Morgan fingerprint density at radius 2 is 2.00 bits per heavy atom. The second kappa shape index (κ2) is 7.69. The monoisotopic (exact) mass is 353 g/mol. The number of methoxy groups -OCH3 is 1. The number of phenolic OH excluding ortho intramolecular Hbond substituents is 1. The molecule has 0 radical (unpaired) electrons. The molecule has 0 saturated carbocycles. The minimum atomic E-state index is -0.242. The molecule has 1 amide bonds. The van der Waals surface area contributed by atoms with Gasteiger partial charge in [0.15, 0.2) is 0 Å². The van der Waals surface area contributed by atoms with Gasteiger partial charge in [-0.15, -0.1) is 0 Å². The van der Waals surface area contributed by atoms with Crippen molar-refractivity contribution in [1.82, 2.24) is 10.1 Å². The van der Waals surface area contributed by atoms with Crippen LogP contribution in [0.2, 0.25) is 0 Å². The van der Waals surface area contributed by atoms with Crippen molar-refractivity contribution in [1.29, 1.82) is 0 Å². The summed E-state index contributed by atoms with van der Waals surface area (Å²) >= 11 is 0. The number of amides is 1. The number of ether oxygens (including phenoxy) is 1. The van der Waals surface area contributed by atoms with Gasteiger partial charge in [0.2, 0.25) is 17.6 Å². The highest BCUT2D eigenvalue weighted by Gasteiger charge is 2.12. The van der Waals surface area contributed by atoms with E-state index in [1.165, 1.54) is 0 Å². The average molecular weight is 353 g/mol. The molecule has 0 fully saturated rings. The van der Waals surface area contributed by atoms with E-state index in [0.717, 1.165) is 16.9 Å². The first-order chi connectivity index (χ1) is 12.5. The second-order valence-electron chi connectivity index (χ2n) is 5.81. The highest BCUT2D eigenvalue weighted by atomic mass is 16.5. The Balaban J connectivity index is 1.58. The molecule has 7 nitrogen and oxygen atoms in total. The fourth-order valence-corrected chi connectivity index (χ4v) is 2.39. The largest absolute Gasteiger partial charge is 0.506 e. The van der Waals surface area contributed by atoms with Gasteiger partial charge in [-0.1, -0.05) is 11.2 Å². The highest BCUT2D eigenvalue weighted by molar-refractivity contribution is 5.92. The molecule has 26 heavy (non-hydrogen) atoms. The summed E-state index contributed by atoms with van der Waals surface area (Å²) in [7, 11) is 1.60. The molecule has 3 rings (SSSR count). The van der Waals surface area contributed by atoms with Crippen molar-refractivity contribution in [2.45, 2.75) is 19.8 Å². The molecule has 1 aromatic heterocycles. The molecule has 0 bridgehead atoms. The van der Waals surface area contributed by atoms with Crippen LogP contribution < -0.4 is 10.1 Å². The number of benzene rings is 2. The van der Waals surface area contributed by atoms with Crippen molar-refractivity contribution in [2.75, 3.05) is 12.4 Å². The number of carbonyl (C=O) groups is 1. The Morgan fingerprint density at radius 3 is 2.69 bits per heavy atom. The number of aryl methyl sites for hydroxylation is 2. The van der Waals surface area contributed by atoms with Crippen LogP contribution in [0.25, 0.3) is 11.4 Å². The molecule has 2 aromatic carbocycles. The molecule has 0 aliphatic heterocycles. The molecule has 0 unspecified atom stereocenters. The SMILES string of the molecule is COc1ccc(-c2noc(CCC(=O)Nc3ccc(C)cc3O)n2)cc1. The minimum Gasteiger partial charge on any atom is -0.506 e. The number of carbonyl (C=O) groups excluding carboxylic acids is 1. The van der Waals surface area contributed by atoms with Crippen molar-refractivity contribution in [2.24, 2.45) is 0 Å². The Labute approximate surface area is 150 Å². The normalized spacial score (nSPS) is 10.5. The van der Waals surface area contributed by atoms with E-state index in [2.05, 4.69) is 15.5 Å². The van der Waals surface area contributed by atoms with E-state index in [1.807, 2.05) is 37.3 Å². The van der Waals surface area contributed by atoms with Crippen molar-refractivity contribution < 1.29 is 19.2 Å². The zero-order chi connectivity index (χ0) is 18.5. The van der Waals surface area contributed by atoms with Gasteiger partial charge in [0, 0.05) is 18.4 Å². The van der Waals surface area contributed by atoms with Gasteiger partial charge >= 0.3 is 0 Å². The summed E-state index contributed by atoms with van der Waals surface area (Å²) in [5.41, 5.74) is 2.09. The molecule has 0 atom stereocenters. The first-order valence-electron chi connectivity index (χ1n) is 8.11. The van der Waals surface area contributed by atoms with E-state index in [9.17, 15) is 9.90 Å². The molecule has 3 aromatic rings. The molecule has 0 saturated heterocycles. The van der Waals surface area contributed by atoms with Crippen LogP contribution >= 0.6 is 0 Å². The van der Waals surface area contributed by atoms with Crippen LogP contribution in [0.5, 0.6) is 11.5 Å². The molecule has 0 aliphatic rings. The van der Waals surface area contributed by atoms with Gasteiger partial charge in [-0.2, -0.15) is 4.98 Å². The van der Waals surface area contributed by atoms with Gasteiger partial charge < -0.3 is 19.7 Å². The second-order valence-corrected chi connectivity index (χ2v) is 5.81. The van der Waals surface area contributed by atoms with Crippen LogP contribution in [0.15, 0.2) is 47.0 Å². The van der Waals surface area contributed by atoms with Crippen LogP contribution in [-0.2, 0) is 11.2 Å². The van der Waals surface area contributed by atoms with Crippen molar-refractivity contribution in [3.05, 3.63) is 53.9 Å². The quantitative estimate of drug-likeness (QED) is 0.660. The fourth-order valence-electron chi connectivity index (χ4n) is 2.39. The lowest BCUT2D eigenvalue weighted by atomic mass is 10.2. The molecule has 7 heteroatoms. The zero-order valence-electron chi connectivity index (χ0n) is 14.5. The first-order valence-corrected chi connectivity index (χ1v) is 8.11. The van der Waals surface area contributed by atoms with Gasteiger partial charge in [-0.3, -0.25) is 4.79 Å². The molecule has 0 spiro atoms. The number of hydrogen-bond acceptors (Lipinski definition) is 6. The Bertz CT molecular complexity index is 903. The molecular weight excluding hydrogens is 334 g/mol. The van der Waals surface area contributed by atoms with Crippen LogP contribution in [0.1, 0.15) is 17.9 Å². The van der Waals surface area contributed by atoms with E-state index in [1.54, 1.807) is 19.2 Å². The van der Waals surface area contributed by atoms with Gasteiger partial charge in [0.25, 0.3) is 0 Å². The summed E-state index contributed by atoms with van der Waals surface area (Å²) in [4.78, 5) is 16.3. The van der Waals surface area contributed by atoms with Gasteiger partial charge in [0.05, 0.1) is 12.8 Å². The lowest BCUT2D eigenvalue weighted by Gasteiger charge is -2.07. The highest BCUT2D eigenvalue weighted by Crippen LogP contribution is 2.24. The number of phenols is 1. The summed E-state index contributed by atoms with van der Waals surface area (Å²) in [6, 6.07) is 12.4.